The number of nitrogens with zero attached hydrogens (tertiary/aromatic N) is 1. The monoisotopic (exact) mass is 265 g/mol. The molecule has 0 atom stereocenters. The molecule has 1 aromatic carbocycles. The number of hydrogen-bond donors (Lipinski definition) is 1. The van der Waals surface area contributed by atoms with Gasteiger partial charge in [-0.15, -0.1) is 0 Å². The van der Waals surface area contributed by atoms with Crippen LogP contribution in [0.2, 0.25) is 0 Å². The van der Waals surface area contributed by atoms with Gasteiger partial charge in [0.05, 0.1) is 5.56 Å². The number of pyridine rings is 1. The number of aromatic nitrogens is 1. The number of benzene rings is 1. The second kappa shape index (κ2) is 5.01. The van der Waals surface area contributed by atoms with Crippen LogP contribution in [0.3, 0.4) is 0 Å². The Bertz CT molecular complexity index is 644. The van der Waals surface area contributed by atoms with E-state index in [-0.39, 0.29) is 17.2 Å². The largest absolute Gasteiger partial charge is 0.478 e. The summed E-state index contributed by atoms with van der Waals surface area (Å²) >= 11 is 0. The fraction of sp³-hybridized carbons (Fsp3) is 0.0769. The van der Waals surface area contributed by atoms with Crippen molar-refractivity contribution < 1.29 is 23.4 Å². The Hall–Kier alpha value is -2.50. The molecular weight excluding hydrogens is 256 g/mol. The van der Waals surface area contributed by atoms with Crippen molar-refractivity contribution in [1.82, 2.24) is 4.98 Å². The van der Waals surface area contributed by atoms with Crippen LogP contribution in [-0.2, 0) is 0 Å². The summed E-state index contributed by atoms with van der Waals surface area (Å²) in [6.07, 6.45) is 1.10. The number of ether oxygens (including phenoxy) is 1. The van der Waals surface area contributed by atoms with Crippen LogP contribution in [0.25, 0.3) is 0 Å². The van der Waals surface area contributed by atoms with Crippen LogP contribution in [0.15, 0.2) is 30.5 Å². The third-order valence-electron chi connectivity index (χ3n) is 2.38. The smallest absolute Gasteiger partial charge is 0.337 e. The zero-order valence-corrected chi connectivity index (χ0v) is 9.85. The van der Waals surface area contributed by atoms with Gasteiger partial charge in [-0.2, -0.15) is 0 Å². The maximum Gasteiger partial charge on any atom is 0.337 e. The van der Waals surface area contributed by atoms with Gasteiger partial charge in [0, 0.05) is 17.8 Å². The van der Waals surface area contributed by atoms with Crippen LogP contribution in [0.5, 0.6) is 11.6 Å². The molecule has 1 heterocycles. The fourth-order valence-corrected chi connectivity index (χ4v) is 1.45. The molecule has 1 N–H and O–H groups in total. The highest BCUT2D eigenvalue weighted by Crippen LogP contribution is 2.26. The minimum Gasteiger partial charge on any atom is -0.478 e. The molecule has 0 unspecified atom stereocenters. The van der Waals surface area contributed by atoms with E-state index >= 15 is 0 Å². The summed E-state index contributed by atoms with van der Waals surface area (Å²) in [4.78, 5) is 14.5. The summed E-state index contributed by atoms with van der Waals surface area (Å²) in [7, 11) is 0. The summed E-state index contributed by atoms with van der Waals surface area (Å²) < 4.78 is 31.3. The van der Waals surface area contributed by atoms with Crippen molar-refractivity contribution in [2.24, 2.45) is 0 Å². The van der Waals surface area contributed by atoms with E-state index in [4.69, 9.17) is 9.84 Å². The third-order valence-corrected chi connectivity index (χ3v) is 2.38. The lowest BCUT2D eigenvalue weighted by Crippen LogP contribution is -2.00. The predicted octanol–water partition coefficient (Wildman–Crippen LogP) is 3.16. The Morgan fingerprint density at radius 3 is 2.63 bits per heavy atom. The molecule has 19 heavy (non-hydrogen) atoms. The lowest BCUT2D eigenvalue weighted by molar-refractivity contribution is 0.0696. The first-order valence-corrected chi connectivity index (χ1v) is 5.30. The number of rotatable bonds is 3. The first-order chi connectivity index (χ1) is 8.97. The predicted molar refractivity (Wildman–Crippen MR) is 62.4 cm³/mol. The lowest BCUT2D eigenvalue weighted by Gasteiger charge is -2.08. The van der Waals surface area contributed by atoms with Gasteiger partial charge >= 0.3 is 5.97 Å². The summed E-state index contributed by atoms with van der Waals surface area (Å²) in [6, 6.07) is 4.23. The van der Waals surface area contributed by atoms with Gasteiger partial charge in [-0.25, -0.2) is 18.6 Å². The molecule has 0 bridgehead atoms. The van der Waals surface area contributed by atoms with E-state index in [1.807, 2.05) is 0 Å². The normalized spacial score (nSPS) is 10.3. The molecule has 0 spiro atoms. The number of carbonyl (C=O) groups is 1. The maximum absolute atomic E-state index is 13.4. The van der Waals surface area contributed by atoms with Crippen LogP contribution < -0.4 is 4.74 Å². The van der Waals surface area contributed by atoms with Crippen LogP contribution in [-0.4, -0.2) is 16.1 Å². The second-order valence-corrected chi connectivity index (χ2v) is 3.83. The number of aryl methyl sites for hydroxylation is 1. The van der Waals surface area contributed by atoms with Crippen LogP contribution in [0.4, 0.5) is 8.78 Å². The molecular formula is C13H9F2NO3. The highest BCUT2D eigenvalue weighted by Gasteiger charge is 2.11. The van der Waals surface area contributed by atoms with Crippen molar-refractivity contribution in [3.63, 3.8) is 0 Å². The molecule has 0 aliphatic heterocycles. The number of hydrogen-bond acceptors (Lipinski definition) is 3. The summed E-state index contributed by atoms with van der Waals surface area (Å²) in [6.45, 7) is 1.58. The number of carboxylic acid groups (broad SMARTS) is 1. The first kappa shape index (κ1) is 12.9. The van der Waals surface area contributed by atoms with E-state index in [9.17, 15) is 13.6 Å². The summed E-state index contributed by atoms with van der Waals surface area (Å²) in [5.41, 5.74) is 0.438. The second-order valence-electron chi connectivity index (χ2n) is 3.83. The molecule has 4 nitrogen and oxygen atoms in total. The van der Waals surface area contributed by atoms with Crippen molar-refractivity contribution in [1.29, 1.82) is 0 Å². The van der Waals surface area contributed by atoms with Gasteiger partial charge in [0.15, 0.2) is 11.6 Å². The molecule has 0 radical (unpaired) electrons. The molecule has 2 aromatic rings. The minimum absolute atomic E-state index is 0.00410. The highest BCUT2D eigenvalue weighted by atomic mass is 19.1. The quantitative estimate of drug-likeness (QED) is 0.926. The molecule has 0 saturated carbocycles. The van der Waals surface area contributed by atoms with Gasteiger partial charge in [-0.1, -0.05) is 0 Å². The molecule has 0 aliphatic carbocycles. The Balaban J connectivity index is 2.31. The molecule has 98 valence electrons. The number of carboxylic acids is 1. The molecule has 0 amide bonds. The zero-order valence-electron chi connectivity index (χ0n) is 9.85. The Morgan fingerprint density at radius 2 is 2.05 bits per heavy atom. The first-order valence-electron chi connectivity index (χ1n) is 5.30. The molecule has 0 saturated heterocycles. The van der Waals surface area contributed by atoms with Gasteiger partial charge in [0.25, 0.3) is 0 Å². The van der Waals surface area contributed by atoms with Crippen LogP contribution >= 0.6 is 0 Å². The van der Waals surface area contributed by atoms with Crippen molar-refractivity contribution in [3.05, 3.63) is 53.2 Å². The standard InChI is InChI=1S/C13H9F2NO3/c1-7-4-8(13(17)18)6-16-12(7)19-11-3-2-9(14)5-10(11)15/h2-6H,1H3,(H,17,18). The topological polar surface area (TPSA) is 59.4 Å². The highest BCUT2D eigenvalue weighted by molar-refractivity contribution is 5.87. The Kier molecular flexibility index (Phi) is 3.41. The molecule has 0 aliphatic rings. The fourth-order valence-electron chi connectivity index (χ4n) is 1.45. The molecule has 0 fully saturated rings. The Morgan fingerprint density at radius 1 is 1.32 bits per heavy atom. The minimum atomic E-state index is -1.12. The van der Waals surface area contributed by atoms with Gasteiger partial charge in [0.2, 0.25) is 5.88 Å². The average molecular weight is 265 g/mol. The SMILES string of the molecule is Cc1cc(C(=O)O)cnc1Oc1ccc(F)cc1F. The van der Waals surface area contributed by atoms with Crippen molar-refractivity contribution in [3.8, 4) is 11.6 Å². The molecule has 6 heteroatoms. The summed E-state index contributed by atoms with van der Waals surface area (Å²) in [5, 5.41) is 8.78. The van der Waals surface area contributed by atoms with Gasteiger partial charge in [0.1, 0.15) is 5.82 Å². The maximum atomic E-state index is 13.4. The van der Waals surface area contributed by atoms with Crippen molar-refractivity contribution >= 4 is 5.97 Å². The van der Waals surface area contributed by atoms with E-state index in [0.717, 1.165) is 18.3 Å². The summed E-state index contributed by atoms with van der Waals surface area (Å²) in [5.74, 6) is -2.80. The van der Waals surface area contributed by atoms with E-state index in [0.29, 0.717) is 11.6 Å². The average Bonchev–Trinajstić information content (AvgIpc) is 2.34. The zero-order chi connectivity index (χ0) is 14.0. The van der Waals surface area contributed by atoms with E-state index in [1.54, 1.807) is 6.92 Å². The van der Waals surface area contributed by atoms with E-state index in [1.165, 1.54) is 6.07 Å². The van der Waals surface area contributed by atoms with Gasteiger partial charge in [-0.3, -0.25) is 0 Å². The van der Waals surface area contributed by atoms with Crippen LogP contribution in [0.1, 0.15) is 15.9 Å². The number of aromatic carboxylic acids is 1. The van der Waals surface area contributed by atoms with Crippen LogP contribution in [0, 0.1) is 18.6 Å². The lowest BCUT2D eigenvalue weighted by atomic mass is 10.2. The Labute approximate surface area is 107 Å². The molecule has 2 rings (SSSR count). The van der Waals surface area contributed by atoms with Gasteiger partial charge < -0.3 is 9.84 Å². The van der Waals surface area contributed by atoms with E-state index < -0.39 is 17.6 Å². The van der Waals surface area contributed by atoms with E-state index in [2.05, 4.69) is 4.98 Å². The third kappa shape index (κ3) is 2.85. The van der Waals surface area contributed by atoms with Gasteiger partial charge in [-0.05, 0) is 25.1 Å². The number of halogens is 2. The van der Waals surface area contributed by atoms with Crippen molar-refractivity contribution in [2.75, 3.05) is 0 Å². The molecule has 1 aromatic heterocycles. The van der Waals surface area contributed by atoms with Crippen molar-refractivity contribution in [2.45, 2.75) is 6.92 Å².